The Kier molecular flexibility index (Phi) is 5.21. The first-order valence-electron chi connectivity index (χ1n) is 8.71. The second-order valence-corrected chi connectivity index (χ2v) is 7.54. The minimum Gasteiger partial charge on any atom is -0.331 e. The number of amides is 1. The number of nitrogens with one attached hydrogen (secondary N) is 1. The van der Waals surface area contributed by atoms with Crippen molar-refractivity contribution in [3.8, 4) is 0 Å². The highest BCUT2D eigenvalue weighted by molar-refractivity contribution is 14.1. The molecule has 1 amide bonds. The Morgan fingerprint density at radius 2 is 1.50 bits per heavy atom. The zero-order valence-corrected chi connectivity index (χ0v) is 17.0. The number of para-hydroxylation sites is 2. The third-order valence-electron chi connectivity index (χ3n) is 4.45. The lowest BCUT2D eigenvalue weighted by atomic mass is 10.1. The van der Waals surface area contributed by atoms with Gasteiger partial charge in [0, 0.05) is 14.3 Å². The smallest absolute Gasteiger partial charge is 0.260 e. The summed E-state index contributed by atoms with van der Waals surface area (Å²) in [6.45, 7) is 0.0608. The Morgan fingerprint density at radius 3 is 2.11 bits per heavy atom. The van der Waals surface area contributed by atoms with Crippen molar-refractivity contribution in [3.63, 3.8) is 0 Å². The van der Waals surface area contributed by atoms with Crippen LogP contribution in [0.25, 0.3) is 21.8 Å². The number of benzene rings is 3. The van der Waals surface area contributed by atoms with Gasteiger partial charge in [0.05, 0.1) is 17.2 Å². The zero-order chi connectivity index (χ0) is 19.5. The number of pyridine rings is 1. The van der Waals surface area contributed by atoms with Gasteiger partial charge in [0.1, 0.15) is 6.54 Å². The summed E-state index contributed by atoms with van der Waals surface area (Å²) in [4.78, 5) is 25.2. The molecule has 0 aliphatic rings. The second kappa shape index (κ2) is 7.93. The van der Waals surface area contributed by atoms with Crippen LogP contribution in [0.15, 0.2) is 82.7 Å². The summed E-state index contributed by atoms with van der Waals surface area (Å²) in [5.74, 6) is -0.263. The molecular weight excluding hydrogens is 465 g/mol. The minimum atomic E-state index is -0.263. The Morgan fingerprint density at radius 1 is 0.929 bits per heavy atom. The average molecular weight is 481 g/mol. The highest BCUT2D eigenvalue weighted by atomic mass is 127. The van der Waals surface area contributed by atoms with Gasteiger partial charge >= 0.3 is 0 Å². The van der Waals surface area contributed by atoms with E-state index in [9.17, 15) is 9.59 Å². The zero-order valence-electron chi connectivity index (χ0n) is 14.8. The molecule has 0 radical (unpaired) electrons. The van der Waals surface area contributed by atoms with Gasteiger partial charge in [0.2, 0.25) is 0 Å². The van der Waals surface area contributed by atoms with Gasteiger partial charge in [0.25, 0.3) is 5.91 Å². The first-order valence-corrected chi connectivity index (χ1v) is 9.79. The molecule has 0 atom stereocenters. The van der Waals surface area contributed by atoms with Crippen LogP contribution in [0, 0.1) is 3.57 Å². The third-order valence-corrected chi connectivity index (χ3v) is 5.17. The molecule has 0 unspecified atom stereocenters. The van der Waals surface area contributed by atoms with E-state index in [1.165, 1.54) is 0 Å². The summed E-state index contributed by atoms with van der Waals surface area (Å²) in [6.07, 6.45) is 1.61. The van der Waals surface area contributed by atoms with Crippen molar-refractivity contribution >= 4 is 56.5 Å². The summed E-state index contributed by atoms with van der Waals surface area (Å²) in [5, 5.41) is 5.23. The van der Waals surface area contributed by atoms with E-state index in [1.807, 2.05) is 65.2 Å². The van der Waals surface area contributed by atoms with Gasteiger partial charge in [0.15, 0.2) is 5.43 Å². The summed E-state index contributed by atoms with van der Waals surface area (Å²) in [6, 6.07) is 22.5. The quantitative estimate of drug-likeness (QED) is 0.208. The Labute approximate surface area is 174 Å². The molecule has 0 spiro atoms. The fourth-order valence-electron chi connectivity index (χ4n) is 3.15. The number of rotatable bonds is 4. The SMILES string of the molecule is O=C(Cn1c2ccccc2c(=O)c2ccccc21)NN=Cc1ccc(I)cc1. The van der Waals surface area contributed by atoms with Crippen molar-refractivity contribution < 1.29 is 4.79 Å². The van der Waals surface area contributed by atoms with Crippen LogP contribution in [0.4, 0.5) is 0 Å². The maximum absolute atomic E-state index is 12.7. The number of hydrazone groups is 1. The average Bonchev–Trinajstić information content (AvgIpc) is 2.72. The van der Waals surface area contributed by atoms with Crippen LogP contribution in [-0.4, -0.2) is 16.7 Å². The molecule has 0 bridgehead atoms. The van der Waals surface area contributed by atoms with Crippen LogP contribution in [-0.2, 0) is 11.3 Å². The summed E-state index contributed by atoms with van der Waals surface area (Å²) in [5.41, 5.74) is 4.89. The molecule has 6 heteroatoms. The normalized spacial score (nSPS) is 11.3. The number of carbonyl (C=O) groups excluding carboxylic acids is 1. The van der Waals surface area contributed by atoms with Gasteiger partial charge in [-0.05, 0) is 64.6 Å². The Balaban J connectivity index is 1.65. The van der Waals surface area contributed by atoms with E-state index >= 15 is 0 Å². The van der Waals surface area contributed by atoms with Gasteiger partial charge in [-0.15, -0.1) is 0 Å². The molecule has 0 saturated heterocycles. The molecule has 3 aromatic carbocycles. The minimum absolute atomic E-state index is 0.0282. The number of carbonyl (C=O) groups is 1. The lowest BCUT2D eigenvalue weighted by Gasteiger charge is -2.14. The van der Waals surface area contributed by atoms with Crippen molar-refractivity contribution in [2.45, 2.75) is 6.54 Å². The summed E-state index contributed by atoms with van der Waals surface area (Å²) < 4.78 is 2.98. The van der Waals surface area contributed by atoms with E-state index in [0.29, 0.717) is 10.8 Å². The Bertz CT molecular complexity index is 1200. The molecule has 4 aromatic rings. The van der Waals surface area contributed by atoms with Crippen LogP contribution in [0.5, 0.6) is 0 Å². The molecule has 28 heavy (non-hydrogen) atoms. The van der Waals surface area contributed by atoms with Crippen molar-refractivity contribution in [3.05, 3.63) is 92.2 Å². The first kappa shape index (κ1) is 18.4. The van der Waals surface area contributed by atoms with E-state index in [2.05, 4.69) is 33.1 Å². The van der Waals surface area contributed by atoms with E-state index in [1.54, 1.807) is 18.3 Å². The summed E-state index contributed by atoms with van der Waals surface area (Å²) in [7, 11) is 0. The van der Waals surface area contributed by atoms with Crippen molar-refractivity contribution in [1.29, 1.82) is 0 Å². The van der Waals surface area contributed by atoms with Gasteiger partial charge < -0.3 is 4.57 Å². The van der Waals surface area contributed by atoms with Gasteiger partial charge in [-0.1, -0.05) is 36.4 Å². The van der Waals surface area contributed by atoms with Crippen molar-refractivity contribution in [2.75, 3.05) is 0 Å². The lowest BCUT2D eigenvalue weighted by molar-refractivity contribution is -0.121. The van der Waals surface area contributed by atoms with Crippen molar-refractivity contribution in [2.24, 2.45) is 5.10 Å². The van der Waals surface area contributed by atoms with E-state index in [0.717, 1.165) is 20.2 Å². The number of fused-ring (bicyclic) bond motifs is 2. The molecule has 0 aliphatic carbocycles. The third kappa shape index (κ3) is 3.68. The molecule has 0 saturated carbocycles. The predicted octanol–water partition coefficient (Wildman–Crippen LogP) is 3.91. The predicted molar refractivity (Wildman–Crippen MR) is 121 cm³/mol. The highest BCUT2D eigenvalue weighted by Crippen LogP contribution is 2.18. The van der Waals surface area contributed by atoms with E-state index in [4.69, 9.17) is 0 Å². The fraction of sp³-hybridized carbons (Fsp3) is 0.0455. The molecule has 0 aliphatic heterocycles. The van der Waals surface area contributed by atoms with Crippen LogP contribution in [0.2, 0.25) is 0 Å². The number of aromatic nitrogens is 1. The monoisotopic (exact) mass is 481 g/mol. The van der Waals surface area contributed by atoms with Crippen LogP contribution >= 0.6 is 22.6 Å². The molecule has 5 nitrogen and oxygen atoms in total. The number of hydrogen-bond acceptors (Lipinski definition) is 3. The highest BCUT2D eigenvalue weighted by Gasteiger charge is 2.12. The van der Waals surface area contributed by atoms with Crippen molar-refractivity contribution in [1.82, 2.24) is 9.99 Å². The van der Waals surface area contributed by atoms with Crippen LogP contribution in [0.3, 0.4) is 0 Å². The van der Waals surface area contributed by atoms with E-state index in [-0.39, 0.29) is 17.9 Å². The maximum atomic E-state index is 12.7. The standard InChI is InChI=1S/C22H16IN3O2/c23-16-11-9-15(10-12-16)13-24-25-21(27)14-26-19-7-3-1-5-17(19)22(28)18-6-2-4-8-20(18)26/h1-13H,14H2,(H,25,27). The molecule has 0 fully saturated rings. The fourth-order valence-corrected chi connectivity index (χ4v) is 3.51. The molecule has 1 N–H and O–H groups in total. The topological polar surface area (TPSA) is 63.5 Å². The van der Waals surface area contributed by atoms with Crippen LogP contribution in [0.1, 0.15) is 5.56 Å². The largest absolute Gasteiger partial charge is 0.331 e. The number of halogens is 1. The maximum Gasteiger partial charge on any atom is 0.260 e. The number of nitrogens with zero attached hydrogens (tertiary/aromatic N) is 2. The van der Waals surface area contributed by atoms with E-state index < -0.39 is 0 Å². The van der Waals surface area contributed by atoms with Gasteiger partial charge in [-0.25, -0.2) is 5.43 Å². The number of hydrogen-bond donors (Lipinski definition) is 1. The lowest BCUT2D eigenvalue weighted by Crippen LogP contribution is -2.25. The molecule has 1 heterocycles. The summed E-state index contributed by atoms with van der Waals surface area (Å²) >= 11 is 2.23. The Hall–Kier alpha value is -3.00. The van der Waals surface area contributed by atoms with Crippen LogP contribution < -0.4 is 10.9 Å². The first-order chi connectivity index (χ1) is 13.6. The molecule has 1 aromatic heterocycles. The van der Waals surface area contributed by atoms with Gasteiger partial charge in [-0.3, -0.25) is 9.59 Å². The molecular formula is C22H16IN3O2. The molecule has 4 rings (SSSR count). The van der Waals surface area contributed by atoms with Gasteiger partial charge in [-0.2, -0.15) is 5.10 Å². The molecule has 138 valence electrons. The second-order valence-electron chi connectivity index (χ2n) is 6.29.